The summed E-state index contributed by atoms with van der Waals surface area (Å²) in [6.07, 6.45) is 3.73. The Labute approximate surface area is 112 Å². The zero-order chi connectivity index (χ0) is 13.9. The second-order valence-corrected chi connectivity index (χ2v) is 6.51. The lowest BCUT2D eigenvalue weighted by molar-refractivity contribution is 0.292. The summed E-state index contributed by atoms with van der Waals surface area (Å²) >= 11 is 0. The second kappa shape index (κ2) is 5.94. The van der Waals surface area contributed by atoms with Gasteiger partial charge in [-0.25, -0.2) is 12.8 Å². The third-order valence-electron chi connectivity index (χ3n) is 3.26. The number of nitrogens with one attached hydrogen (secondary N) is 1. The summed E-state index contributed by atoms with van der Waals surface area (Å²) in [5, 5.41) is 3.31. The highest BCUT2D eigenvalue weighted by molar-refractivity contribution is 7.89. The SMILES string of the molecule is CCNC1CCN(S(=O)(=O)c2cncc(F)c2)CC1. The molecule has 0 radical (unpaired) electrons. The van der Waals surface area contributed by atoms with Gasteiger partial charge in [0.1, 0.15) is 10.7 Å². The molecule has 1 saturated heterocycles. The lowest BCUT2D eigenvalue weighted by Gasteiger charge is -2.31. The Morgan fingerprint density at radius 1 is 1.42 bits per heavy atom. The third kappa shape index (κ3) is 3.29. The number of rotatable bonds is 4. The fourth-order valence-electron chi connectivity index (χ4n) is 2.27. The molecule has 0 atom stereocenters. The van der Waals surface area contributed by atoms with E-state index in [2.05, 4.69) is 10.3 Å². The third-order valence-corrected chi connectivity index (χ3v) is 5.13. The number of pyridine rings is 1. The van der Waals surface area contributed by atoms with Crippen molar-refractivity contribution in [1.82, 2.24) is 14.6 Å². The van der Waals surface area contributed by atoms with E-state index in [1.54, 1.807) is 0 Å². The maximum atomic E-state index is 13.1. The Balaban J connectivity index is 2.10. The van der Waals surface area contributed by atoms with Crippen LogP contribution in [0.25, 0.3) is 0 Å². The van der Waals surface area contributed by atoms with Gasteiger partial charge in [-0.15, -0.1) is 0 Å². The smallest absolute Gasteiger partial charge is 0.244 e. The Bertz CT molecular complexity index is 528. The molecule has 0 saturated carbocycles. The van der Waals surface area contributed by atoms with Crippen molar-refractivity contribution < 1.29 is 12.8 Å². The van der Waals surface area contributed by atoms with Gasteiger partial charge in [0.2, 0.25) is 10.0 Å². The van der Waals surface area contributed by atoms with Crippen LogP contribution in [-0.2, 0) is 10.0 Å². The normalized spacial score (nSPS) is 18.6. The predicted octanol–water partition coefficient (Wildman–Crippen LogP) is 0.983. The van der Waals surface area contributed by atoms with Crippen LogP contribution < -0.4 is 5.32 Å². The first-order valence-electron chi connectivity index (χ1n) is 6.38. The molecule has 2 heterocycles. The van der Waals surface area contributed by atoms with E-state index in [9.17, 15) is 12.8 Å². The molecule has 2 rings (SSSR count). The molecule has 1 fully saturated rings. The molecule has 0 amide bonds. The Kier molecular flexibility index (Phi) is 4.49. The van der Waals surface area contributed by atoms with Crippen molar-refractivity contribution in [3.8, 4) is 0 Å². The van der Waals surface area contributed by atoms with Crippen molar-refractivity contribution in [3.05, 3.63) is 24.3 Å². The molecule has 0 aliphatic carbocycles. The second-order valence-electron chi connectivity index (χ2n) is 4.57. The average Bonchev–Trinajstić information content (AvgIpc) is 2.40. The highest BCUT2D eigenvalue weighted by Gasteiger charge is 2.29. The number of hydrogen-bond acceptors (Lipinski definition) is 4. The van der Waals surface area contributed by atoms with E-state index in [1.807, 2.05) is 6.92 Å². The van der Waals surface area contributed by atoms with Gasteiger partial charge in [-0.2, -0.15) is 4.31 Å². The van der Waals surface area contributed by atoms with Crippen molar-refractivity contribution in [2.45, 2.75) is 30.7 Å². The van der Waals surface area contributed by atoms with Gasteiger partial charge in [-0.1, -0.05) is 6.92 Å². The van der Waals surface area contributed by atoms with Crippen LogP contribution in [0.1, 0.15) is 19.8 Å². The van der Waals surface area contributed by atoms with E-state index in [0.717, 1.165) is 31.6 Å². The molecule has 1 aliphatic rings. The van der Waals surface area contributed by atoms with Gasteiger partial charge in [0, 0.05) is 25.3 Å². The van der Waals surface area contributed by atoms with E-state index in [-0.39, 0.29) is 4.90 Å². The van der Waals surface area contributed by atoms with Gasteiger partial charge in [0.05, 0.1) is 6.20 Å². The summed E-state index contributed by atoms with van der Waals surface area (Å²) in [7, 11) is -3.62. The zero-order valence-electron chi connectivity index (χ0n) is 10.8. The van der Waals surface area contributed by atoms with Crippen LogP contribution in [-0.4, -0.2) is 43.4 Å². The fourth-order valence-corrected chi connectivity index (χ4v) is 3.72. The number of halogens is 1. The minimum Gasteiger partial charge on any atom is -0.314 e. The first-order chi connectivity index (χ1) is 9.04. The number of piperidine rings is 1. The molecule has 1 aromatic rings. The summed E-state index contributed by atoms with van der Waals surface area (Å²) in [6.45, 7) is 3.82. The molecule has 5 nitrogen and oxygen atoms in total. The van der Waals surface area contributed by atoms with Crippen LogP contribution in [0, 0.1) is 5.82 Å². The quantitative estimate of drug-likeness (QED) is 0.897. The van der Waals surface area contributed by atoms with Gasteiger partial charge in [0.15, 0.2) is 0 Å². The predicted molar refractivity (Wildman–Crippen MR) is 69.7 cm³/mol. The molecule has 1 aromatic heterocycles. The molecular weight excluding hydrogens is 269 g/mol. The van der Waals surface area contributed by atoms with Crippen LogP contribution in [0.3, 0.4) is 0 Å². The summed E-state index contributed by atoms with van der Waals surface area (Å²) in [6, 6.07) is 1.38. The summed E-state index contributed by atoms with van der Waals surface area (Å²) in [5.41, 5.74) is 0. The summed E-state index contributed by atoms with van der Waals surface area (Å²) in [4.78, 5) is 3.52. The molecule has 7 heteroatoms. The number of sulfonamides is 1. The highest BCUT2D eigenvalue weighted by atomic mass is 32.2. The minimum absolute atomic E-state index is 0.0746. The van der Waals surface area contributed by atoms with Crippen LogP contribution >= 0.6 is 0 Å². The van der Waals surface area contributed by atoms with E-state index < -0.39 is 15.8 Å². The molecule has 19 heavy (non-hydrogen) atoms. The van der Waals surface area contributed by atoms with Crippen LogP contribution in [0.5, 0.6) is 0 Å². The minimum atomic E-state index is -3.62. The fraction of sp³-hybridized carbons (Fsp3) is 0.583. The number of nitrogens with zero attached hydrogens (tertiary/aromatic N) is 2. The van der Waals surface area contributed by atoms with Gasteiger partial charge in [-0.05, 0) is 25.5 Å². The lowest BCUT2D eigenvalue weighted by Crippen LogP contribution is -2.44. The van der Waals surface area contributed by atoms with E-state index >= 15 is 0 Å². The summed E-state index contributed by atoms with van der Waals surface area (Å²) in [5.74, 6) is -0.636. The first-order valence-corrected chi connectivity index (χ1v) is 7.82. The molecule has 0 unspecified atom stereocenters. The average molecular weight is 287 g/mol. The molecular formula is C12H18FN3O2S. The number of aromatic nitrogens is 1. The summed E-state index contributed by atoms with van der Waals surface area (Å²) < 4.78 is 39.1. The Morgan fingerprint density at radius 2 is 2.11 bits per heavy atom. The van der Waals surface area contributed by atoms with Crippen molar-refractivity contribution in [2.75, 3.05) is 19.6 Å². The van der Waals surface area contributed by atoms with E-state index in [4.69, 9.17) is 0 Å². The standard InChI is InChI=1S/C12H18FN3O2S/c1-2-15-11-3-5-16(6-4-11)19(17,18)12-7-10(13)8-14-9-12/h7-9,11,15H,2-6H2,1H3. The van der Waals surface area contributed by atoms with Crippen molar-refractivity contribution in [2.24, 2.45) is 0 Å². The maximum absolute atomic E-state index is 13.1. The topological polar surface area (TPSA) is 62.3 Å². The number of hydrogen-bond donors (Lipinski definition) is 1. The molecule has 0 aromatic carbocycles. The van der Waals surface area contributed by atoms with Gasteiger partial charge >= 0.3 is 0 Å². The lowest BCUT2D eigenvalue weighted by atomic mass is 10.1. The van der Waals surface area contributed by atoms with Gasteiger partial charge < -0.3 is 5.32 Å². The van der Waals surface area contributed by atoms with E-state index in [1.165, 1.54) is 10.5 Å². The van der Waals surface area contributed by atoms with Crippen LogP contribution in [0.15, 0.2) is 23.4 Å². The van der Waals surface area contributed by atoms with Crippen molar-refractivity contribution >= 4 is 10.0 Å². The monoisotopic (exact) mass is 287 g/mol. The van der Waals surface area contributed by atoms with Gasteiger partial charge in [-0.3, -0.25) is 4.98 Å². The van der Waals surface area contributed by atoms with Crippen molar-refractivity contribution in [3.63, 3.8) is 0 Å². The van der Waals surface area contributed by atoms with Crippen molar-refractivity contribution in [1.29, 1.82) is 0 Å². The Morgan fingerprint density at radius 3 is 2.68 bits per heavy atom. The maximum Gasteiger partial charge on any atom is 0.244 e. The largest absolute Gasteiger partial charge is 0.314 e. The molecule has 1 N–H and O–H groups in total. The van der Waals surface area contributed by atoms with E-state index in [0.29, 0.717) is 19.1 Å². The van der Waals surface area contributed by atoms with Crippen LogP contribution in [0.2, 0.25) is 0 Å². The Hall–Kier alpha value is -1.05. The highest BCUT2D eigenvalue weighted by Crippen LogP contribution is 2.20. The molecule has 0 bridgehead atoms. The van der Waals surface area contributed by atoms with Gasteiger partial charge in [0.25, 0.3) is 0 Å². The molecule has 1 aliphatic heterocycles. The van der Waals surface area contributed by atoms with Crippen LogP contribution in [0.4, 0.5) is 4.39 Å². The molecule has 106 valence electrons. The first kappa shape index (κ1) is 14.4. The molecule has 0 spiro atoms. The zero-order valence-corrected chi connectivity index (χ0v) is 11.7.